The van der Waals surface area contributed by atoms with Crippen molar-refractivity contribution in [2.75, 3.05) is 23.4 Å². The molecule has 4 heterocycles. The largest absolute Gasteiger partial charge is 0.352 e. The summed E-state index contributed by atoms with van der Waals surface area (Å²) in [6, 6.07) is 11.8. The molecule has 6 rings (SSSR count). The zero-order valence-electron chi connectivity index (χ0n) is 21.0. The molecule has 0 saturated carbocycles. The molecule has 0 unspecified atom stereocenters. The van der Waals surface area contributed by atoms with E-state index in [1.54, 1.807) is 12.3 Å². The number of pyridine rings is 1. The fourth-order valence-electron chi connectivity index (χ4n) is 4.20. The van der Waals surface area contributed by atoms with Crippen LogP contribution in [-0.4, -0.2) is 42.1 Å². The summed E-state index contributed by atoms with van der Waals surface area (Å²) < 4.78 is 39.9. The average molecular weight is 533 g/mol. The summed E-state index contributed by atoms with van der Waals surface area (Å²) in [5.41, 5.74) is 4.56. The van der Waals surface area contributed by atoms with Gasteiger partial charge in [-0.05, 0) is 67.3 Å². The third-order valence-electron chi connectivity index (χ3n) is 6.31. The summed E-state index contributed by atoms with van der Waals surface area (Å²) in [7, 11) is -3.76. The molecule has 9 nitrogen and oxygen atoms in total. The molecule has 0 spiro atoms. The maximum absolute atomic E-state index is 14.7. The number of hydrogen-bond acceptors (Lipinski definition) is 8. The Morgan fingerprint density at radius 3 is 2.53 bits per heavy atom. The van der Waals surface area contributed by atoms with E-state index >= 15 is 0 Å². The van der Waals surface area contributed by atoms with Gasteiger partial charge in [0, 0.05) is 42.0 Å². The van der Waals surface area contributed by atoms with Gasteiger partial charge in [0.2, 0.25) is 11.9 Å². The van der Waals surface area contributed by atoms with Gasteiger partial charge in [-0.15, -0.1) is 0 Å². The van der Waals surface area contributed by atoms with Gasteiger partial charge in [-0.3, -0.25) is 4.79 Å². The van der Waals surface area contributed by atoms with E-state index in [1.165, 1.54) is 24.4 Å². The standard InChI is InChI=1S/C27H25FN6O3S/c1-15-4-6-20-10-17(15)8-9-29-26(35)21-7-5-18(12-23(21)38(3,36)37)19-11-22(24(28)30-14-19)33-27-31-13-16(2)25(32-20)34-27/h4-7,10-14H,8-9H2,1-3H3,(H,29,35)(H2,31,32,33,34). The molecule has 0 aliphatic carbocycles. The second-order valence-electron chi connectivity index (χ2n) is 9.17. The normalized spacial score (nSPS) is 13.4. The number of aryl methyl sites for hydroxylation is 2. The van der Waals surface area contributed by atoms with Crippen LogP contribution in [0.2, 0.25) is 0 Å². The molecule has 11 heteroatoms. The summed E-state index contributed by atoms with van der Waals surface area (Å²) >= 11 is 0. The highest BCUT2D eigenvalue weighted by molar-refractivity contribution is 7.90. The van der Waals surface area contributed by atoms with Crippen molar-refractivity contribution in [3.05, 3.63) is 83.1 Å². The number of nitrogens with one attached hydrogen (secondary N) is 3. The molecule has 2 aromatic heterocycles. The predicted molar refractivity (Wildman–Crippen MR) is 143 cm³/mol. The fourth-order valence-corrected chi connectivity index (χ4v) is 5.10. The Bertz CT molecular complexity index is 1690. The predicted octanol–water partition coefficient (Wildman–Crippen LogP) is 4.47. The van der Waals surface area contributed by atoms with Crippen LogP contribution < -0.4 is 16.0 Å². The summed E-state index contributed by atoms with van der Waals surface area (Å²) in [6.07, 6.45) is 4.49. The zero-order chi connectivity index (χ0) is 27.0. The van der Waals surface area contributed by atoms with E-state index in [9.17, 15) is 17.6 Å². The third-order valence-corrected chi connectivity index (χ3v) is 7.44. The first-order valence-corrected chi connectivity index (χ1v) is 13.7. The number of carbonyl (C=O) groups excluding carboxylic acids is 1. The molecular weight excluding hydrogens is 507 g/mol. The maximum atomic E-state index is 14.7. The van der Waals surface area contributed by atoms with Crippen LogP contribution >= 0.6 is 0 Å². The first-order valence-electron chi connectivity index (χ1n) is 11.8. The number of nitrogens with zero attached hydrogens (tertiary/aromatic N) is 3. The van der Waals surface area contributed by atoms with Crippen LogP contribution in [0.25, 0.3) is 11.1 Å². The minimum atomic E-state index is -3.76. The highest BCUT2D eigenvalue weighted by Crippen LogP contribution is 2.29. The molecular formula is C27H25FN6O3S. The van der Waals surface area contributed by atoms with Gasteiger partial charge in [0.25, 0.3) is 5.91 Å². The Morgan fingerprint density at radius 2 is 1.74 bits per heavy atom. The minimum Gasteiger partial charge on any atom is -0.352 e. The number of halogens is 1. The molecule has 3 N–H and O–H groups in total. The second-order valence-corrected chi connectivity index (χ2v) is 11.2. The number of benzene rings is 2. The highest BCUT2D eigenvalue weighted by Gasteiger charge is 2.21. The monoisotopic (exact) mass is 532 g/mol. The van der Waals surface area contributed by atoms with E-state index in [0.29, 0.717) is 29.9 Å². The van der Waals surface area contributed by atoms with Crippen molar-refractivity contribution < 1.29 is 17.6 Å². The van der Waals surface area contributed by atoms with Crippen molar-refractivity contribution in [2.24, 2.45) is 0 Å². The molecule has 1 amide bonds. The van der Waals surface area contributed by atoms with E-state index in [2.05, 4.69) is 30.9 Å². The number of rotatable bonds is 1. The number of amides is 1. The molecule has 194 valence electrons. The average Bonchev–Trinajstić information content (AvgIpc) is 2.87. The van der Waals surface area contributed by atoms with Gasteiger partial charge in [-0.1, -0.05) is 12.1 Å². The molecule has 0 fully saturated rings. The molecule has 8 bridgehead atoms. The third kappa shape index (κ3) is 5.18. The quantitative estimate of drug-likeness (QED) is 0.307. The zero-order valence-corrected chi connectivity index (χ0v) is 21.8. The van der Waals surface area contributed by atoms with Crippen molar-refractivity contribution in [1.29, 1.82) is 0 Å². The molecule has 0 saturated heterocycles. The lowest BCUT2D eigenvalue weighted by molar-refractivity contribution is 0.0951. The number of sulfone groups is 1. The van der Waals surface area contributed by atoms with E-state index in [0.717, 1.165) is 28.6 Å². The highest BCUT2D eigenvalue weighted by atomic mass is 32.2. The number of hydrogen-bond donors (Lipinski definition) is 3. The molecule has 0 radical (unpaired) electrons. The number of carbonyl (C=O) groups is 1. The SMILES string of the molecule is Cc1ccc2cc1CCNC(=O)c1ccc(cc1S(C)(=O)=O)-c1cnc(F)c(c1)Nc1ncc(C)c(n1)N2. The van der Waals surface area contributed by atoms with Crippen LogP contribution in [0.5, 0.6) is 0 Å². The number of anilines is 4. The van der Waals surface area contributed by atoms with Crippen LogP contribution in [0.15, 0.2) is 59.8 Å². The fraction of sp³-hybridized carbons (Fsp3) is 0.185. The first kappa shape index (κ1) is 25.3. The summed E-state index contributed by atoms with van der Waals surface area (Å²) in [6.45, 7) is 4.14. The molecule has 4 aromatic rings. The van der Waals surface area contributed by atoms with Crippen molar-refractivity contribution in [3.8, 4) is 11.1 Å². The van der Waals surface area contributed by atoms with Crippen molar-refractivity contribution >= 4 is 38.9 Å². The Hall–Kier alpha value is -4.38. The van der Waals surface area contributed by atoms with E-state index in [1.807, 2.05) is 32.0 Å². The minimum absolute atomic E-state index is 0.00978. The molecule has 2 aromatic carbocycles. The van der Waals surface area contributed by atoms with Gasteiger partial charge in [0.1, 0.15) is 5.82 Å². The van der Waals surface area contributed by atoms with Gasteiger partial charge in [-0.25, -0.2) is 18.4 Å². The number of aromatic nitrogens is 3. The molecule has 0 atom stereocenters. The summed E-state index contributed by atoms with van der Waals surface area (Å²) in [4.78, 5) is 25.5. The van der Waals surface area contributed by atoms with Gasteiger partial charge >= 0.3 is 0 Å². The van der Waals surface area contributed by atoms with Gasteiger partial charge < -0.3 is 16.0 Å². The van der Waals surface area contributed by atoms with Gasteiger partial charge in [0.05, 0.1) is 16.1 Å². The Balaban J connectivity index is 1.66. The lowest BCUT2D eigenvalue weighted by atomic mass is 10.0. The van der Waals surface area contributed by atoms with Gasteiger partial charge in [0.15, 0.2) is 9.84 Å². The maximum Gasteiger partial charge on any atom is 0.252 e. The lowest BCUT2D eigenvalue weighted by Gasteiger charge is -2.14. The van der Waals surface area contributed by atoms with Crippen LogP contribution in [0.4, 0.5) is 27.5 Å². The van der Waals surface area contributed by atoms with Gasteiger partial charge in [-0.2, -0.15) is 9.37 Å². The van der Waals surface area contributed by atoms with Crippen molar-refractivity contribution in [2.45, 2.75) is 25.2 Å². The Morgan fingerprint density at radius 1 is 0.921 bits per heavy atom. The smallest absolute Gasteiger partial charge is 0.252 e. The Kier molecular flexibility index (Phi) is 6.53. The van der Waals surface area contributed by atoms with Crippen LogP contribution in [-0.2, 0) is 16.3 Å². The molecule has 2 aliphatic rings. The first-order chi connectivity index (χ1) is 18.1. The van der Waals surface area contributed by atoms with E-state index in [-0.39, 0.29) is 22.1 Å². The topological polar surface area (TPSA) is 126 Å². The van der Waals surface area contributed by atoms with Crippen LogP contribution in [0, 0.1) is 19.8 Å². The Labute approximate surface area is 219 Å². The second kappa shape index (κ2) is 9.82. The van der Waals surface area contributed by atoms with Crippen LogP contribution in [0.1, 0.15) is 27.0 Å². The van der Waals surface area contributed by atoms with Crippen molar-refractivity contribution in [1.82, 2.24) is 20.3 Å². The van der Waals surface area contributed by atoms with E-state index in [4.69, 9.17) is 0 Å². The molecule has 38 heavy (non-hydrogen) atoms. The van der Waals surface area contributed by atoms with E-state index < -0.39 is 21.7 Å². The summed E-state index contributed by atoms with van der Waals surface area (Å²) in [5, 5.41) is 8.99. The number of fused-ring (bicyclic) bond motifs is 5. The summed E-state index contributed by atoms with van der Waals surface area (Å²) in [5.74, 6) is -0.576. The molecule has 2 aliphatic heterocycles. The lowest BCUT2D eigenvalue weighted by Crippen LogP contribution is -2.27. The van der Waals surface area contributed by atoms with Crippen LogP contribution in [0.3, 0.4) is 0 Å². The van der Waals surface area contributed by atoms with Crippen molar-refractivity contribution in [3.63, 3.8) is 0 Å².